The molecule has 20 heavy (non-hydrogen) atoms. The van der Waals surface area contributed by atoms with E-state index >= 15 is 0 Å². The third-order valence-corrected chi connectivity index (χ3v) is 2.78. The highest BCUT2D eigenvalue weighted by atomic mass is 16.5. The van der Waals surface area contributed by atoms with Gasteiger partial charge in [-0.2, -0.15) is 0 Å². The highest BCUT2D eigenvalue weighted by Crippen LogP contribution is 2.13. The smallest absolute Gasteiger partial charge is 0.355 e. The van der Waals surface area contributed by atoms with Crippen LogP contribution in [-0.4, -0.2) is 30.6 Å². The Kier molecular flexibility index (Phi) is 3.84. The number of aromatic amines is 1. The molecule has 0 bridgehead atoms. The number of pyridine rings is 1. The molecule has 0 aliphatic rings. The van der Waals surface area contributed by atoms with Crippen LogP contribution in [0, 0.1) is 0 Å². The lowest BCUT2D eigenvalue weighted by atomic mass is 10.1. The summed E-state index contributed by atoms with van der Waals surface area (Å²) in [6.07, 6.45) is 0. The molecule has 104 valence electrons. The molecule has 0 radical (unpaired) electrons. The monoisotopic (exact) mass is 275 g/mol. The number of ether oxygens (including phenoxy) is 2. The van der Waals surface area contributed by atoms with Gasteiger partial charge in [0.15, 0.2) is 0 Å². The highest BCUT2D eigenvalue weighted by Gasteiger charge is 2.24. The molecule has 2 rings (SSSR count). The average Bonchev–Trinajstić information content (AvgIpc) is 2.46. The number of nitrogens with one attached hydrogen (secondary N) is 1. The van der Waals surface area contributed by atoms with Crippen molar-refractivity contribution in [2.75, 3.05) is 13.7 Å². The molecule has 1 aromatic carbocycles. The normalized spacial score (nSPS) is 10.3. The van der Waals surface area contributed by atoms with E-state index in [0.717, 1.165) is 0 Å². The van der Waals surface area contributed by atoms with E-state index in [0.29, 0.717) is 10.9 Å². The number of carbonyl (C=O) groups is 2. The third kappa shape index (κ3) is 2.27. The number of methoxy groups -OCH3 is 1. The van der Waals surface area contributed by atoms with E-state index < -0.39 is 17.4 Å². The Hall–Kier alpha value is -2.63. The van der Waals surface area contributed by atoms with Gasteiger partial charge in [0.2, 0.25) is 5.43 Å². The lowest BCUT2D eigenvalue weighted by Crippen LogP contribution is -2.24. The van der Waals surface area contributed by atoms with Crippen LogP contribution in [0.25, 0.3) is 10.9 Å². The number of hydrogen-bond acceptors (Lipinski definition) is 5. The first kappa shape index (κ1) is 13.8. The molecule has 6 heteroatoms. The van der Waals surface area contributed by atoms with Crippen LogP contribution in [-0.2, 0) is 9.47 Å². The van der Waals surface area contributed by atoms with Gasteiger partial charge in [-0.3, -0.25) is 4.79 Å². The topological polar surface area (TPSA) is 85.5 Å². The van der Waals surface area contributed by atoms with E-state index in [2.05, 4.69) is 9.72 Å². The van der Waals surface area contributed by atoms with E-state index in [1.54, 1.807) is 31.2 Å². The summed E-state index contributed by atoms with van der Waals surface area (Å²) in [4.78, 5) is 38.7. The molecule has 0 fully saturated rings. The number of fused-ring (bicyclic) bond motifs is 1. The molecule has 0 aliphatic carbocycles. The molecule has 6 nitrogen and oxygen atoms in total. The summed E-state index contributed by atoms with van der Waals surface area (Å²) in [6, 6.07) is 6.59. The first-order chi connectivity index (χ1) is 9.60. The molecule has 1 N–H and O–H groups in total. The van der Waals surface area contributed by atoms with Gasteiger partial charge in [-0.05, 0) is 19.1 Å². The second-order valence-electron chi connectivity index (χ2n) is 3.96. The first-order valence-corrected chi connectivity index (χ1v) is 6.00. The lowest BCUT2D eigenvalue weighted by molar-refractivity contribution is 0.0500. The first-order valence-electron chi connectivity index (χ1n) is 6.00. The van der Waals surface area contributed by atoms with E-state index in [-0.39, 0.29) is 17.9 Å². The van der Waals surface area contributed by atoms with Crippen LogP contribution < -0.4 is 5.43 Å². The van der Waals surface area contributed by atoms with Gasteiger partial charge in [0.25, 0.3) is 0 Å². The van der Waals surface area contributed by atoms with Gasteiger partial charge in [0.05, 0.1) is 13.7 Å². The van der Waals surface area contributed by atoms with E-state index in [4.69, 9.17) is 4.74 Å². The number of benzene rings is 1. The van der Waals surface area contributed by atoms with Gasteiger partial charge in [-0.25, -0.2) is 9.59 Å². The minimum absolute atomic E-state index is 0.103. The second kappa shape index (κ2) is 5.56. The van der Waals surface area contributed by atoms with Crippen molar-refractivity contribution in [1.82, 2.24) is 4.98 Å². The number of aromatic nitrogens is 1. The van der Waals surface area contributed by atoms with Crippen LogP contribution in [0.4, 0.5) is 0 Å². The summed E-state index contributed by atoms with van der Waals surface area (Å²) in [5.74, 6) is -1.64. The standard InChI is InChI=1S/C14H13NO5/c1-3-20-13(17)10-11(14(18)19-2)15-9-7-5-4-6-8(9)12(10)16/h4-7H,3H2,1-2H3,(H,15,16). The van der Waals surface area contributed by atoms with Crippen molar-refractivity contribution < 1.29 is 19.1 Å². The fourth-order valence-corrected chi connectivity index (χ4v) is 1.89. The fraction of sp³-hybridized carbons (Fsp3) is 0.214. The highest BCUT2D eigenvalue weighted by molar-refractivity contribution is 6.04. The Morgan fingerprint density at radius 2 is 1.90 bits per heavy atom. The summed E-state index contributed by atoms with van der Waals surface area (Å²) in [7, 11) is 1.17. The quantitative estimate of drug-likeness (QED) is 0.858. The Morgan fingerprint density at radius 3 is 2.55 bits per heavy atom. The maximum atomic E-state index is 12.4. The maximum Gasteiger partial charge on any atom is 0.355 e. The van der Waals surface area contributed by atoms with E-state index in [1.807, 2.05) is 0 Å². The number of esters is 2. The molecule has 0 amide bonds. The predicted octanol–water partition coefficient (Wildman–Crippen LogP) is 1.49. The Morgan fingerprint density at radius 1 is 1.20 bits per heavy atom. The van der Waals surface area contributed by atoms with Gasteiger partial charge in [0, 0.05) is 10.9 Å². The minimum atomic E-state index is -0.847. The molecule has 0 unspecified atom stereocenters. The number of H-pyrrole nitrogens is 1. The Bertz CT molecular complexity index is 732. The van der Waals surface area contributed by atoms with Crippen molar-refractivity contribution in [3.63, 3.8) is 0 Å². The zero-order chi connectivity index (χ0) is 14.7. The van der Waals surface area contributed by atoms with Crippen LogP contribution in [0.1, 0.15) is 27.8 Å². The van der Waals surface area contributed by atoms with Crippen molar-refractivity contribution in [3.8, 4) is 0 Å². The third-order valence-electron chi connectivity index (χ3n) is 2.78. The number of hydrogen-bond donors (Lipinski definition) is 1. The van der Waals surface area contributed by atoms with Crippen molar-refractivity contribution in [1.29, 1.82) is 0 Å². The molecule has 1 heterocycles. The van der Waals surface area contributed by atoms with Crippen LogP contribution >= 0.6 is 0 Å². The Labute approximate surface area is 114 Å². The molecule has 0 aliphatic heterocycles. The van der Waals surface area contributed by atoms with Crippen molar-refractivity contribution in [2.24, 2.45) is 0 Å². The van der Waals surface area contributed by atoms with E-state index in [1.165, 1.54) is 7.11 Å². The summed E-state index contributed by atoms with van der Waals surface area (Å²) < 4.78 is 9.42. The number of rotatable bonds is 3. The minimum Gasteiger partial charge on any atom is -0.464 e. The molecular formula is C14H13NO5. The van der Waals surface area contributed by atoms with Crippen molar-refractivity contribution in [3.05, 3.63) is 45.7 Å². The molecule has 0 atom stereocenters. The summed E-state index contributed by atoms with van der Waals surface area (Å²) >= 11 is 0. The molecule has 0 saturated carbocycles. The Balaban J connectivity index is 2.80. The predicted molar refractivity (Wildman–Crippen MR) is 71.9 cm³/mol. The van der Waals surface area contributed by atoms with Crippen LogP contribution in [0.15, 0.2) is 29.1 Å². The molecule has 1 aromatic heterocycles. The summed E-state index contributed by atoms with van der Waals surface area (Å²) in [5.41, 5.74) is -0.642. The van der Waals surface area contributed by atoms with Crippen LogP contribution in [0.2, 0.25) is 0 Å². The zero-order valence-electron chi connectivity index (χ0n) is 11.1. The maximum absolute atomic E-state index is 12.4. The van der Waals surface area contributed by atoms with Gasteiger partial charge in [-0.1, -0.05) is 12.1 Å². The second-order valence-corrected chi connectivity index (χ2v) is 3.96. The number of para-hydroxylation sites is 1. The van der Waals surface area contributed by atoms with Gasteiger partial charge >= 0.3 is 11.9 Å². The average molecular weight is 275 g/mol. The van der Waals surface area contributed by atoms with E-state index in [9.17, 15) is 14.4 Å². The lowest BCUT2D eigenvalue weighted by Gasteiger charge is -2.08. The van der Waals surface area contributed by atoms with Gasteiger partial charge in [0.1, 0.15) is 11.3 Å². The largest absolute Gasteiger partial charge is 0.464 e. The van der Waals surface area contributed by atoms with Crippen LogP contribution in [0.3, 0.4) is 0 Å². The van der Waals surface area contributed by atoms with Gasteiger partial charge in [-0.15, -0.1) is 0 Å². The van der Waals surface area contributed by atoms with Gasteiger partial charge < -0.3 is 14.5 Å². The number of carbonyl (C=O) groups excluding carboxylic acids is 2. The molecular weight excluding hydrogens is 262 g/mol. The van der Waals surface area contributed by atoms with Crippen molar-refractivity contribution >= 4 is 22.8 Å². The molecule has 0 saturated heterocycles. The molecule has 2 aromatic rings. The zero-order valence-corrected chi connectivity index (χ0v) is 11.1. The SMILES string of the molecule is CCOC(=O)c1c(C(=O)OC)[nH]c2ccccc2c1=O. The fourth-order valence-electron chi connectivity index (χ4n) is 1.89. The van der Waals surface area contributed by atoms with Crippen molar-refractivity contribution in [2.45, 2.75) is 6.92 Å². The summed E-state index contributed by atoms with van der Waals surface area (Å²) in [6.45, 7) is 1.72. The molecule has 0 spiro atoms. The summed E-state index contributed by atoms with van der Waals surface area (Å²) in [5, 5.41) is 0.309. The van der Waals surface area contributed by atoms with Crippen LogP contribution in [0.5, 0.6) is 0 Å².